The normalized spacial score (nSPS) is 11.8. The highest BCUT2D eigenvalue weighted by Crippen LogP contribution is 2.35. The summed E-state index contributed by atoms with van der Waals surface area (Å²) >= 11 is 0. The minimum atomic E-state index is -0.836. The zero-order valence-electron chi connectivity index (χ0n) is 10.7. The second kappa shape index (κ2) is 5.34. The lowest BCUT2D eigenvalue weighted by Crippen LogP contribution is -2.28. The summed E-state index contributed by atoms with van der Waals surface area (Å²) in [5, 5.41) is 14.8. The van der Waals surface area contributed by atoms with E-state index in [2.05, 4.69) is 12.0 Å². The van der Waals surface area contributed by atoms with Crippen molar-refractivity contribution >= 4 is 0 Å². The molecule has 92 valence electrons. The second-order valence-corrected chi connectivity index (χ2v) is 4.02. The predicted octanol–water partition coefficient (Wildman–Crippen LogP) is 2.31. The molecule has 0 saturated heterocycles. The molecule has 1 N–H and O–H groups in total. The van der Waals surface area contributed by atoms with Gasteiger partial charge in [0.25, 0.3) is 0 Å². The van der Waals surface area contributed by atoms with Crippen LogP contribution in [0.5, 0.6) is 5.75 Å². The first-order valence-electron chi connectivity index (χ1n) is 5.95. The van der Waals surface area contributed by atoms with Gasteiger partial charge in [-0.15, -0.1) is 0 Å². The molecule has 0 atom stereocenters. The van der Waals surface area contributed by atoms with Gasteiger partial charge in [-0.25, -0.2) is 0 Å². The number of methoxy groups -OCH3 is 1. The maximum atomic E-state index is 10.6. The summed E-state index contributed by atoms with van der Waals surface area (Å²) < 4.78 is 7.13. The summed E-state index contributed by atoms with van der Waals surface area (Å²) in [6.07, 6.45) is 3.99. The Balaban J connectivity index is 3.20. The number of aliphatic hydroxyl groups is 1. The predicted molar refractivity (Wildman–Crippen MR) is 63.5 cm³/mol. The molecule has 4 nitrogen and oxygen atoms in total. The number of aromatic nitrogens is 2. The zero-order valence-corrected chi connectivity index (χ0v) is 10.7. The van der Waals surface area contributed by atoms with Gasteiger partial charge in [-0.05, 0) is 19.3 Å². The number of rotatable bonds is 6. The Labute approximate surface area is 97.2 Å². The van der Waals surface area contributed by atoms with Gasteiger partial charge in [0.05, 0.1) is 13.3 Å². The molecule has 0 spiro atoms. The number of hydrogen-bond acceptors (Lipinski definition) is 3. The topological polar surface area (TPSA) is 47.3 Å². The van der Waals surface area contributed by atoms with Crippen molar-refractivity contribution in [1.29, 1.82) is 0 Å². The van der Waals surface area contributed by atoms with Crippen molar-refractivity contribution in [2.45, 2.75) is 52.2 Å². The molecule has 1 rings (SSSR count). The van der Waals surface area contributed by atoms with Crippen molar-refractivity contribution in [3.8, 4) is 5.75 Å². The molecule has 0 saturated carbocycles. The van der Waals surface area contributed by atoms with E-state index < -0.39 is 5.60 Å². The maximum absolute atomic E-state index is 10.6. The van der Waals surface area contributed by atoms with Crippen LogP contribution in [0.25, 0.3) is 0 Å². The first-order valence-corrected chi connectivity index (χ1v) is 5.95. The fourth-order valence-electron chi connectivity index (χ4n) is 1.95. The highest BCUT2D eigenvalue weighted by Gasteiger charge is 2.32. The van der Waals surface area contributed by atoms with Crippen LogP contribution in [0.15, 0.2) is 6.20 Å². The van der Waals surface area contributed by atoms with E-state index in [1.54, 1.807) is 13.3 Å². The van der Waals surface area contributed by atoms with Gasteiger partial charge in [0, 0.05) is 6.54 Å². The summed E-state index contributed by atoms with van der Waals surface area (Å²) in [6, 6.07) is 0. The minimum absolute atomic E-state index is 0.662. The van der Waals surface area contributed by atoms with Crippen molar-refractivity contribution in [2.24, 2.45) is 0 Å². The van der Waals surface area contributed by atoms with Crippen LogP contribution >= 0.6 is 0 Å². The Kier molecular flexibility index (Phi) is 4.35. The summed E-state index contributed by atoms with van der Waals surface area (Å²) in [5.41, 5.74) is -0.0290. The van der Waals surface area contributed by atoms with E-state index in [0.29, 0.717) is 18.6 Å². The molecule has 1 aromatic rings. The van der Waals surface area contributed by atoms with Crippen LogP contribution in [0, 0.1) is 0 Å². The molecule has 4 heteroatoms. The molecular weight excluding hydrogens is 204 g/mol. The third-order valence-corrected chi connectivity index (χ3v) is 3.07. The molecule has 0 bridgehead atoms. The lowest BCUT2D eigenvalue weighted by molar-refractivity contribution is 0.0169. The molecule has 0 aliphatic carbocycles. The average Bonchev–Trinajstić information content (AvgIpc) is 2.72. The Morgan fingerprint density at radius 3 is 2.44 bits per heavy atom. The average molecular weight is 226 g/mol. The van der Waals surface area contributed by atoms with Crippen LogP contribution in [0.2, 0.25) is 0 Å². The quantitative estimate of drug-likeness (QED) is 0.809. The molecule has 16 heavy (non-hydrogen) atoms. The first-order chi connectivity index (χ1) is 7.62. The lowest BCUT2D eigenvalue weighted by Gasteiger charge is -2.27. The van der Waals surface area contributed by atoms with Crippen molar-refractivity contribution in [2.75, 3.05) is 7.11 Å². The number of ether oxygens (including phenoxy) is 1. The molecular formula is C12H22N2O2. The van der Waals surface area contributed by atoms with Gasteiger partial charge in [-0.1, -0.05) is 20.8 Å². The molecule has 0 aliphatic rings. The van der Waals surface area contributed by atoms with E-state index in [-0.39, 0.29) is 0 Å². The zero-order chi connectivity index (χ0) is 12.2. The molecule has 0 unspecified atom stereocenters. The summed E-state index contributed by atoms with van der Waals surface area (Å²) in [5.74, 6) is 0.680. The van der Waals surface area contributed by atoms with Crippen LogP contribution in [0.4, 0.5) is 0 Å². The SMILES string of the molecule is CCCn1ncc(OC)c1C(O)(CC)CC. The summed E-state index contributed by atoms with van der Waals surface area (Å²) in [4.78, 5) is 0. The maximum Gasteiger partial charge on any atom is 0.162 e. The molecule has 0 fully saturated rings. The fourth-order valence-corrected chi connectivity index (χ4v) is 1.95. The summed E-state index contributed by atoms with van der Waals surface area (Å²) in [6.45, 7) is 6.86. The van der Waals surface area contributed by atoms with Crippen molar-refractivity contribution in [1.82, 2.24) is 9.78 Å². The highest BCUT2D eigenvalue weighted by atomic mass is 16.5. The Morgan fingerprint density at radius 1 is 1.38 bits per heavy atom. The van der Waals surface area contributed by atoms with Gasteiger partial charge in [-0.3, -0.25) is 4.68 Å². The van der Waals surface area contributed by atoms with Crippen LogP contribution in [0.3, 0.4) is 0 Å². The smallest absolute Gasteiger partial charge is 0.162 e. The second-order valence-electron chi connectivity index (χ2n) is 4.02. The monoisotopic (exact) mass is 226 g/mol. The Hall–Kier alpha value is -1.03. The fraction of sp³-hybridized carbons (Fsp3) is 0.750. The number of hydrogen-bond donors (Lipinski definition) is 1. The van der Waals surface area contributed by atoms with E-state index >= 15 is 0 Å². The Morgan fingerprint density at radius 2 is 2.00 bits per heavy atom. The van der Waals surface area contributed by atoms with Crippen LogP contribution < -0.4 is 4.74 Å². The van der Waals surface area contributed by atoms with Gasteiger partial charge in [0.2, 0.25) is 0 Å². The number of aryl methyl sites for hydroxylation is 1. The van der Waals surface area contributed by atoms with E-state index in [9.17, 15) is 5.11 Å². The summed E-state index contributed by atoms with van der Waals surface area (Å²) in [7, 11) is 1.61. The van der Waals surface area contributed by atoms with Gasteiger partial charge >= 0.3 is 0 Å². The number of nitrogens with zero attached hydrogens (tertiary/aromatic N) is 2. The first kappa shape index (κ1) is 13.0. The largest absolute Gasteiger partial charge is 0.493 e. The molecule has 1 aromatic heterocycles. The van der Waals surface area contributed by atoms with Gasteiger partial charge in [0.15, 0.2) is 5.75 Å². The van der Waals surface area contributed by atoms with Crippen LogP contribution in [-0.4, -0.2) is 22.0 Å². The van der Waals surface area contributed by atoms with E-state index in [1.165, 1.54) is 0 Å². The third-order valence-electron chi connectivity index (χ3n) is 3.07. The molecule has 1 heterocycles. The molecule has 0 aliphatic heterocycles. The van der Waals surface area contributed by atoms with Crippen molar-refractivity contribution in [3.05, 3.63) is 11.9 Å². The molecule has 0 amide bonds. The molecule has 0 aromatic carbocycles. The van der Waals surface area contributed by atoms with Gasteiger partial charge < -0.3 is 9.84 Å². The van der Waals surface area contributed by atoms with E-state index in [1.807, 2.05) is 18.5 Å². The minimum Gasteiger partial charge on any atom is -0.493 e. The highest BCUT2D eigenvalue weighted by molar-refractivity contribution is 5.30. The third kappa shape index (κ3) is 2.21. The molecule has 0 radical (unpaired) electrons. The van der Waals surface area contributed by atoms with Gasteiger partial charge in [-0.2, -0.15) is 5.10 Å². The standard InChI is InChI=1S/C12H22N2O2/c1-5-8-14-11(10(16-4)9-13-14)12(15,6-2)7-3/h9,15H,5-8H2,1-4H3. The van der Waals surface area contributed by atoms with Crippen molar-refractivity contribution in [3.63, 3.8) is 0 Å². The lowest BCUT2D eigenvalue weighted by atomic mass is 9.92. The van der Waals surface area contributed by atoms with Gasteiger partial charge in [0.1, 0.15) is 11.3 Å². The van der Waals surface area contributed by atoms with Crippen LogP contribution in [0.1, 0.15) is 45.7 Å². The van der Waals surface area contributed by atoms with E-state index in [0.717, 1.165) is 18.7 Å². The van der Waals surface area contributed by atoms with Crippen LogP contribution in [-0.2, 0) is 12.1 Å². The van der Waals surface area contributed by atoms with Crippen molar-refractivity contribution < 1.29 is 9.84 Å². The Bertz CT molecular complexity index is 330. The van der Waals surface area contributed by atoms with E-state index in [4.69, 9.17) is 4.74 Å².